The van der Waals surface area contributed by atoms with Crippen LogP contribution in [0.15, 0.2) is 45.4 Å². The lowest BCUT2D eigenvalue weighted by Crippen LogP contribution is -2.45. The third kappa shape index (κ3) is 4.62. The Morgan fingerprint density at radius 3 is 2.45 bits per heavy atom. The van der Waals surface area contributed by atoms with E-state index in [-0.39, 0.29) is 18.2 Å². The minimum atomic E-state index is 0.0887. The van der Waals surface area contributed by atoms with Crippen LogP contribution in [0.4, 0.5) is 6.01 Å². The summed E-state index contributed by atoms with van der Waals surface area (Å²) in [5, 5.41) is 9.75. The fourth-order valence-corrected chi connectivity index (χ4v) is 6.84. The van der Waals surface area contributed by atoms with Crippen molar-refractivity contribution in [1.29, 1.82) is 0 Å². The number of anilines is 1. The Morgan fingerprint density at radius 1 is 1.02 bits per heavy atom. The standard InChI is InChI=1S/C30H28Cl2N4O4/c1-16-11-17(14-37)5-10-22(16)29-33-30(40-35-29)36-19-8-9-20(36)13-21(12-19)38-15-23-27(34-39-28(23)18-6-7-18)26-24(31)3-2-4-25(26)32/h2-5,10-11,14,18-21H,6-9,12-13,15H2,1H3. The second-order valence-corrected chi connectivity index (χ2v) is 11.8. The molecule has 0 N–H and O–H groups in total. The van der Waals surface area contributed by atoms with Crippen molar-refractivity contribution in [2.75, 3.05) is 4.90 Å². The lowest BCUT2D eigenvalue weighted by atomic mass is 9.99. The van der Waals surface area contributed by atoms with Gasteiger partial charge in [0, 0.05) is 40.3 Å². The van der Waals surface area contributed by atoms with Gasteiger partial charge in [-0.1, -0.05) is 51.7 Å². The number of carbonyl (C=O) groups is 1. The van der Waals surface area contributed by atoms with Gasteiger partial charge in [0.15, 0.2) is 0 Å². The monoisotopic (exact) mass is 578 g/mol. The van der Waals surface area contributed by atoms with Crippen LogP contribution in [0.2, 0.25) is 10.0 Å². The van der Waals surface area contributed by atoms with Crippen molar-refractivity contribution in [2.24, 2.45) is 0 Å². The predicted octanol–water partition coefficient (Wildman–Crippen LogP) is 7.41. The molecule has 2 bridgehead atoms. The van der Waals surface area contributed by atoms with Gasteiger partial charge >= 0.3 is 6.01 Å². The summed E-state index contributed by atoms with van der Waals surface area (Å²) in [6.07, 6.45) is 6.95. The Labute approximate surface area is 241 Å². The molecule has 0 radical (unpaired) electrons. The van der Waals surface area contributed by atoms with E-state index < -0.39 is 0 Å². The molecular formula is C30H28Cl2N4O4. The number of aryl methyl sites for hydroxylation is 1. The average molecular weight is 579 g/mol. The number of carbonyl (C=O) groups excluding carboxylic acids is 1. The molecule has 1 saturated carbocycles. The van der Waals surface area contributed by atoms with Crippen LogP contribution in [0.5, 0.6) is 0 Å². The van der Waals surface area contributed by atoms with E-state index in [0.29, 0.717) is 51.2 Å². The number of hydrogen-bond donors (Lipinski definition) is 0. The van der Waals surface area contributed by atoms with Gasteiger partial charge in [0.25, 0.3) is 0 Å². The minimum Gasteiger partial charge on any atom is -0.373 e. The number of aromatic nitrogens is 3. The number of rotatable bonds is 8. The molecule has 4 heterocycles. The molecule has 2 atom stereocenters. The zero-order valence-corrected chi connectivity index (χ0v) is 23.5. The van der Waals surface area contributed by atoms with E-state index in [0.717, 1.165) is 67.3 Å². The minimum absolute atomic E-state index is 0.0887. The van der Waals surface area contributed by atoms with Crippen molar-refractivity contribution in [3.8, 4) is 22.6 Å². The molecule has 1 aliphatic carbocycles. The maximum atomic E-state index is 11.1. The quantitative estimate of drug-likeness (QED) is 0.199. The molecule has 0 spiro atoms. The van der Waals surface area contributed by atoms with Crippen molar-refractivity contribution < 1.29 is 18.6 Å². The SMILES string of the molecule is Cc1cc(C=O)ccc1-c1noc(N2C3CCC2CC(OCc2c(-c4c(Cl)cccc4Cl)noc2C2CC2)C3)n1. The molecule has 2 saturated heterocycles. The highest BCUT2D eigenvalue weighted by Crippen LogP contribution is 2.47. The van der Waals surface area contributed by atoms with Crippen LogP contribution in [0, 0.1) is 6.92 Å². The first kappa shape index (κ1) is 25.7. The smallest absolute Gasteiger partial charge is 0.324 e. The third-order valence-corrected chi connectivity index (χ3v) is 9.01. The Balaban J connectivity index is 1.07. The molecule has 3 aliphatic rings. The van der Waals surface area contributed by atoms with Crippen LogP contribution < -0.4 is 4.90 Å². The summed E-state index contributed by atoms with van der Waals surface area (Å²) in [6.45, 7) is 2.34. The first-order valence-electron chi connectivity index (χ1n) is 13.7. The van der Waals surface area contributed by atoms with Crippen LogP contribution in [-0.4, -0.2) is 39.8 Å². The van der Waals surface area contributed by atoms with E-state index >= 15 is 0 Å². The van der Waals surface area contributed by atoms with Crippen molar-refractivity contribution in [1.82, 2.24) is 15.3 Å². The highest BCUT2D eigenvalue weighted by Gasteiger charge is 2.44. The summed E-state index contributed by atoms with van der Waals surface area (Å²) in [5.41, 5.74) is 4.74. The predicted molar refractivity (Wildman–Crippen MR) is 151 cm³/mol. The summed E-state index contributed by atoms with van der Waals surface area (Å²) in [7, 11) is 0. The highest BCUT2D eigenvalue weighted by molar-refractivity contribution is 6.39. The number of benzene rings is 2. The number of piperidine rings is 1. The zero-order chi connectivity index (χ0) is 27.4. The molecule has 2 unspecified atom stereocenters. The molecule has 3 fully saturated rings. The third-order valence-electron chi connectivity index (χ3n) is 8.38. The molecule has 40 heavy (non-hydrogen) atoms. The lowest BCUT2D eigenvalue weighted by molar-refractivity contribution is 0.0138. The molecule has 4 aromatic rings. The van der Waals surface area contributed by atoms with Gasteiger partial charge in [0.2, 0.25) is 5.82 Å². The average Bonchev–Trinajstić information content (AvgIpc) is 3.43. The topological polar surface area (TPSA) is 94.5 Å². The number of aldehydes is 1. The molecule has 2 aromatic heterocycles. The Morgan fingerprint density at radius 2 is 1.77 bits per heavy atom. The number of halogens is 2. The van der Waals surface area contributed by atoms with Gasteiger partial charge in [0.1, 0.15) is 17.7 Å². The highest BCUT2D eigenvalue weighted by atomic mass is 35.5. The van der Waals surface area contributed by atoms with Crippen molar-refractivity contribution >= 4 is 35.5 Å². The maximum absolute atomic E-state index is 11.1. The maximum Gasteiger partial charge on any atom is 0.324 e. The largest absolute Gasteiger partial charge is 0.373 e. The number of ether oxygens (including phenoxy) is 1. The van der Waals surface area contributed by atoms with Crippen molar-refractivity contribution in [3.63, 3.8) is 0 Å². The molecule has 8 nitrogen and oxygen atoms in total. The molecule has 2 aliphatic heterocycles. The Bertz CT molecular complexity index is 1550. The van der Waals surface area contributed by atoms with Crippen LogP contribution in [0.25, 0.3) is 22.6 Å². The van der Waals surface area contributed by atoms with E-state index in [4.69, 9.17) is 42.0 Å². The van der Waals surface area contributed by atoms with Crippen LogP contribution in [0.3, 0.4) is 0 Å². The summed E-state index contributed by atoms with van der Waals surface area (Å²) >= 11 is 13.1. The number of hydrogen-bond acceptors (Lipinski definition) is 8. The summed E-state index contributed by atoms with van der Waals surface area (Å²) in [4.78, 5) is 18.1. The lowest BCUT2D eigenvalue weighted by Gasteiger charge is -2.37. The van der Waals surface area contributed by atoms with E-state index in [1.54, 1.807) is 6.07 Å². The van der Waals surface area contributed by atoms with E-state index in [1.807, 2.05) is 37.3 Å². The van der Waals surface area contributed by atoms with Gasteiger partial charge < -0.3 is 18.7 Å². The number of nitrogens with zero attached hydrogens (tertiary/aromatic N) is 4. The molecule has 206 valence electrons. The van der Waals surface area contributed by atoms with Crippen LogP contribution >= 0.6 is 23.2 Å². The number of fused-ring (bicyclic) bond motifs is 2. The second-order valence-electron chi connectivity index (χ2n) is 11.0. The fourth-order valence-electron chi connectivity index (χ4n) is 6.27. The molecule has 7 rings (SSSR count). The summed E-state index contributed by atoms with van der Waals surface area (Å²) in [5.74, 6) is 1.80. The first-order chi connectivity index (χ1) is 19.5. The first-order valence-corrected chi connectivity index (χ1v) is 14.5. The van der Waals surface area contributed by atoms with E-state index in [1.165, 1.54) is 0 Å². The molecule has 10 heteroatoms. The fraction of sp³-hybridized carbons (Fsp3) is 0.400. The Hall–Kier alpha value is -3.20. The van der Waals surface area contributed by atoms with Gasteiger partial charge in [-0.3, -0.25) is 4.79 Å². The van der Waals surface area contributed by atoms with Crippen molar-refractivity contribution in [2.45, 2.75) is 76.2 Å². The Kier molecular flexibility index (Phi) is 6.65. The molecule has 0 amide bonds. The van der Waals surface area contributed by atoms with Gasteiger partial charge in [-0.2, -0.15) is 4.98 Å². The van der Waals surface area contributed by atoms with E-state index in [2.05, 4.69) is 15.2 Å². The van der Waals surface area contributed by atoms with Crippen molar-refractivity contribution in [3.05, 3.63) is 68.9 Å². The normalized spacial score (nSPS) is 22.2. The summed E-state index contributed by atoms with van der Waals surface area (Å²) < 4.78 is 18.1. The second kappa shape index (κ2) is 10.3. The van der Waals surface area contributed by atoms with Gasteiger partial charge in [-0.05, 0) is 69.2 Å². The molecular weight excluding hydrogens is 551 g/mol. The van der Waals surface area contributed by atoms with Gasteiger partial charge in [-0.25, -0.2) is 0 Å². The van der Waals surface area contributed by atoms with Gasteiger partial charge in [0.05, 0.1) is 22.8 Å². The summed E-state index contributed by atoms with van der Waals surface area (Å²) in [6, 6.07) is 12.0. The zero-order valence-electron chi connectivity index (χ0n) is 22.0. The molecule has 2 aromatic carbocycles. The van der Waals surface area contributed by atoms with Gasteiger partial charge in [-0.15, -0.1) is 0 Å². The van der Waals surface area contributed by atoms with E-state index in [9.17, 15) is 4.79 Å². The van der Waals surface area contributed by atoms with Crippen LogP contribution in [-0.2, 0) is 11.3 Å². The van der Waals surface area contributed by atoms with Crippen LogP contribution in [0.1, 0.15) is 71.7 Å².